The fourth-order valence-corrected chi connectivity index (χ4v) is 1.22. The van der Waals surface area contributed by atoms with Crippen molar-refractivity contribution in [1.29, 1.82) is 0 Å². The fraction of sp³-hybridized carbons (Fsp3) is 1.00. The van der Waals surface area contributed by atoms with E-state index in [-0.39, 0.29) is 5.41 Å². The molecule has 0 atom stereocenters. The van der Waals surface area contributed by atoms with Gasteiger partial charge in [0.2, 0.25) is 0 Å². The van der Waals surface area contributed by atoms with Crippen molar-refractivity contribution in [3.8, 4) is 0 Å². The molecular weight excluding hydrogens is 138 g/mol. The van der Waals surface area contributed by atoms with E-state index in [9.17, 15) is 0 Å². The predicted octanol–water partition coefficient (Wildman–Crippen LogP) is 1.15. The molecule has 0 amide bonds. The lowest BCUT2D eigenvalue weighted by Gasteiger charge is -2.11. The molecule has 0 aliphatic heterocycles. The smallest absolute Gasteiger partial charge is 0.0499 e. The molecule has 0 aromatic carbocycles. The van der Waals surface area contributed by atoms with Crippen molar-refractivity contribution in [2.45, 2.75) is 32.6 Å². The van der Waals surface area contributed by atoms with Gasteiger partial charge in [-0.05, 0) is 25.8 Å². The van der Waals surface area contributed by atoms with Crippen LogP contribution in [0.2, 0.25) is 0 Å². The van der Waals surface area contributed by atoms with Gasteiger partial charge in [0, 0.05) is 18.6 Å². The third-order valence-electron chi connectivity index (χ3n) is 2.50. The second-order valence-electron chi connectivity index (χ2n) is 3.69. The zero-order valence-corrected chi connectivity index (χ0v) is 7.40. The maximum absolute atomic E-state index is 8.97. The van der Waals surface area contributed by atoms with E-state index in [0.717, 1.165) is 13.1 Å². The van der Waals surface area contributed by atoms with Gasteiger partial charge in [0.1, 0.15) is 0 Å². The Labute approximate surface area is 69.0 Å². The van der Waals surface area contributed by atoms with Crippen molar-refractivity contribution in [3.63, 3.8) is 0 Å². The van der Waals surface area contributed by atoms with Crippen molar-refractivity contribution in [3.05, 3.63) is 0 Å². The van der Waals surface area contributed by atoms with E-state index in [0.29, 0.717) is 6.61 Å². The minimum atomic E-state index is 0.285. The monoisotopic (exact) mass is 157 g/mol. The molecule has 0 unspecified atom stereocenters. The van der Waals surface area contributed by atoms with Gasteiger partial charge in [-0.25, -0.2) is 0 Å². The van der Waals surface area contributed by atoms with Crippen LogP contribution in [0.3, 0.4) is 0 Å². The van der Waals surface area contributed by atoms with Crippen LogP contribution in [-0.4, -0.2) is 24.8 Å². The lowest BCUT2D eigenvalue weighted by Crippen LogP contribution is -2.27. The predicted molar refractivity (Wildman–Crippen MR) is 46.5 cm³/mol. The number of rotatable bonds is 6. The van der Waals surface area contributed by atoms with E-state index in [4.69, 9.17) is 5.11 Å². The largest absolute Gasteiger partial charge is 0.396 e. The number of hydrogen-bond acceptors (Lipinski definition) is 2. The van der Waals surface area contributed by atoms with Crippen molar-refractivity contribution in [2.24, 2.45) is 5.41 Å². The molecule has 1 aliphatic rings. The number of hydrogen-bond donors (Lipinski definition) is 2. The zero-order chi connectivity index (χ0) is 8.16. The quantitative estimate of drug-likeness (QED) is 0.567. The summed E-state index contributed by atoms with van der Waals surface area (Å²) >= 11 is 0. The highest BCUT2D eigenvalue weighted by Gasteiger charge is 2.41. The van der Waals surface area contributed by atoms with Crippen LogP contribution in [0.4, 0.5) is 0 Å². The summed E-state index contributed by atoms with van der Waals surface area (Å²) in [5, 5.41) is 12.4. The second-order valence-corrected chi connectivity index (χ2v) is 3.69. The first-order valence-corrected chi connectivity index (χ1v) is 4.64. The van der Waals surface area contributed by atoms with Crippen LogP contribution < -0.4 is 5.32 Å². The van der Waals surface area contributed by atoms with E-state index in [1.165, 1.54) is 25.7 Å². The molecule has 0 aromatic rings. The highest BCUT2D eigenvalue weighted by Crippen LogP contribution is 2.44. The Bertz CT molecular complexity index is 110. The third kappa shape index (κ3) is 2.80. The van der Waals surface area contributed by atoms with E-state index in [2.05, 4.69) is 12.2 Å². The minimum absolute atomic E-state index is 0.285. The van der Waals surface area contributed by atoms with Crippen LogP contribution >= 0.6 is 0 Å². The average Bonchev–Trinajstić information content (AvgIpc) is 2.80. The summed E-state index contributed by atoms with van der Waals surface area (Å²) in [6, 6.07) is 0. The fourth-order valence-electron chi connectivity index (χ4n) is 1.22. The first kappa shape index (κ1) is 9.01. The van der Waals surface area contributed by atoms with Gasteiger partial charge in [0.15, 0.2) is 0 Å². The van der Waals surface area contributed by atoms with Crippen molar-refractivity contribution in [1.82, 2.24) is 5.32 Å². The topological polar surface area (TPSA) is 32.3 Å². The lowest BCUT2D eigenvalue weighted by molar-refractivity contribution is 0.208. The molecule has 1 aliphatic carbocycles. The molecule has 1 saturated carbocycles. The highest BCUT2D eigenvalue weighted by molar-refractivity contribution is 4.94. The van der Waals surface area contributed by atoms with Gasteiger partial charge in [0.05, 0.1) is 0 Å². The van der Waals surface area contributed by atoms with Gasteiger partial charge < -0.3 is 10.4 Å². The van der Waals surface area contributed by atoms with Gasteiger partial charge in [-0.2, -0.15) is 0 Å². The molecule has 0 spiro atoms. The molecule has 0 bridgehead atoms. The molecule has 2 N–H and O–H groups in total. The summed E-state index contributed by atoms with van der Waals surface area (Å²) in [6.45, 7) is 4.69. The molecule has 0 heterocycles. The first-order valence-electron chi connectivity index (χ1n) is 4.64. The molecule has 66 valence electrons. The molecule has 0 radical (unpaired) electrons. The lowest BCUT2D eigenvalue weighted by atomic mass is 10.1. The van der Waals surface area contributed by atoms with Crippen LogP contribution in [0.15, 0.2) is 0 Å². The summed E-state index contributed by atoms with van der Waals surface area (Å²) in [4.78, 5) is 0. The normalized spacial score (nSPS) is 20.2. The summed E-state index contributed by atoms with van der Waals surface area (Å²) in [7, 11) is 0. The Morgan fingerprint density at radius 2 is 2.18 bits per heavy atom. The Kier molecular flexibility index (Phi) is 3.34. The minimum Gasteiger partial charge on any atom is -0.396 e. The van der Waals surface area contributed by atoms with E-state index >= 15 is 0 Å². The summed E-state index contributed by atoms with van der Waals surface area (Å²) < 4.78 is 0. The van der Waals surface area contributed by atoms with Crippen molar-refractivity contribution >= 4 is 0 Å². The molecule has 2 heteroatoms. The van der Waals surface area contributed by atoms with Crippen LogP contribution in [0.5, 0.6) is 0 Å². The van der Waals surface area contributed by atoms with Crippen molar-refractivity contribution in [2.75, 3.05) is 19.7 Å². The summed E-state index contributed by atoms with van der Waals surface area (Å²) in [5.41, 5.74) is 0.285. The van der Waals surface area contributed by atoms with Crippen LogP contribution in [0.1, 0.15) is 32.6 Å². The van der Waals surface area contributed by atoms with Gasteiger partial charge in [-0.15, -0.1) is 0 Å². The zero-order valence-electron chi connectivity index (χ0n) is 7.40. The van der Waals surface area contributed by atoms with E-state index < -0.39 is 0 Å². The maximum Gasteiger partial charge on any atom is 0.0499 e. The standard InChI is InChI=1S/C9H19NO/c1-2-3-6-10-7-9(8-11)4-5-9/h10-11H,2-8H2,1H3. The second kappa shape index (κ2) is 4.07. The van der Waals surface area contributed by atoms with Gasteiger partial charge in [-0.3, -0.25) is 0 Å². The number of nitrogens with one attached hydrogen (secondary N) is 1. The number of aliphatic hydroxyl groups is 1. The Hall–Kier alpha value is -0.0800. The SMILES string of the molecule is CCCCNCC1(CO)CC1. The molecule has 1 fully saturated rings. The Morgan fingerprint density at radius 1 is 1.45 bits per heavy atom. The van der Waals surface area contributed by atoms with E-state index in [1.54, 1.807) is 0 Å². The first-order chi connectivity index (χ1) is 5.33. The third-order valence-corrected chi connectivity index (χ3v) is 2.50. The Balaban J connectivity index is 1.94. The summed E-state index contributed by atoms with van der Waals surface area (Å²) in [6.07, 6.45) is 4.92. The molecule has 0 aromatic heterocycles. The van der Waals surface area contributed by atoms with Crippen LogP contribution in [-0.2, 0) is 0 Å². The number of unbranched alkanes of at least 4 members (excludes halogenated alkanes) is 1. The molecule has 0 saturated heterocycles. The molecule has 2 nitrogen and oxygen atoms in total. The average molecular weight is 157 g/mol. The van der Waals surface area contributed by atoms with Crippen LogP contribution in [0.25, 0.3) is 0 Å². The molecule has 1 rings (SSSR count). The van der Waals surface area contributed by atoms with Gasteiger partial charge in [-0.1, -0.05) is 13.3 Å². The van der Waals surface area contributed by atoms with E-state index in [1.807, 2.05) is 0 Å². The maximum atomic E-state index is 8.97. The Morgan fingerprint density at radius 3 is 2.64 bits per heavy atom. The highest BCUT2D eigenvalue weighted by atomic mass is 16.3. The number of aliphatic hydroxyl groups excluding tert-OH is 1. The molecular formula is C9H19NO. The van der Waals surface area contributed by atoms with Gasteiger partial charge in [0.25, 0.3) is 0 Å². The van der Waals surface area contributed by atoms with Crippen molar-refractivity contribution < 1.29 is 5.11 Å². The summed E-state index contributed by atoms with van der Waals surface area (Å²) in [5.74, 6) is 0. The van der Waals surface area contributed by atoms with Crippen LogP contribution in [0, 0.1) is 5.41 Å². The molecule has 11 heavy (non-hydrogen) atoms. The van der Waals surface area contributed by atoms with Gasteiger partial charge >= 0.3 is 0 Å².